The van der Waals surface area contributed by atoms with Crippen LogP contribution in [0.3, 0.4) is 0 Å². The lowest BCUT2D eigenvalue weighted by molar-refractivity contribution is -0.135. The Hall–Kier alpha value is -0.650. The molecule has 0 spiro atoms. The summed E-state index contributed by atoms with van der Waals surface area (Å²) in [7, 11) is 0. The van der Waals surface area contributed by atoms with Crippen molar-refractivity contribution in [1.82, 2.24) is 9.80 Å². The van der Waals surface area contributed by atoms with Crippen LogP contribution in [-0.2, 0) is 9.53 Å². The molecule has 3 atom stereocenters. The Bertz CT molecular complexity index is 444. The highest BCUT2D eigenvalue weighted by atomic mass is 16.5. The summed E-state index contributed by atoms with van der Waals surface area (Å²) in [5.74, 6) is 1.60. The van der Waals surface area contributed by atoms with Crippen LogP contribution in [0.1, 0.15) is 44.9 Å². The summed E-state index contributed by atoms with van der Waals surface area (Å²) in [6, 6.07) is 0.317. The van der Waals surface area contributed by atoms with E-state index >= 15 is 0 Å². The number of fused-ring (bicyclic) bond motifs is 1. The van der Waals surface area contributed by atoms with Gasteiger partial charge in [-0.15, -0.1) is 0 Å². The molecule has 1 amide bonds. The molecule has 5 heteroatoms. The highest BCUT2D eigenvalue weighted by molar-refractivity contribution is 5.78. The van der Waals surface area contributed by atoms with E-state index in [4.69, 9.17) is 10.5 Å². The van der Waals surface area contributed by atoms with Gasteiger partial charge in [0.05, 0.1) is 13.2 Å². The van der Waals surface area contributed by atoms with E-state index in [0.717, 1.165) is 45.8 Å². The van der Waals surface area contributed by atoms with Gasteiger partial charge >= 0.3 is 0 Å². The quantitative estimate of drug-likeness (QED) is 0.849. The van der Waals surface area contributed by atoms with Gasteiger partial charge in [-0.25, -0.2) is 0 Å². The van der Waals surface area contributed by atoms with Crippen LogP contribution in [0.15, 0.2) is 0 Å². The van der Waals surface area contributed by atoms with Crippen LogP contribution in [0.2, 0.25) is 0 Å². The minimum Gasteiger partial charge on any atom is -0.379 e. The van der Waals surface area contributed by atoms with Gasteiger partial charge in [0.15, 0.2) is 0 Å². The fourth-order valence-electron chi connectivity index (χ4n) is 5.58. The summed E-state index contributed by atoms with van der Waals surface area (Å²) in [6.07, 6.45) is 7.96. The molecule has 4 fully saturated rings. The van der Waals surface area contributed by atoms with Crippen molar-refractivity contribution in [1.29, 1.82) is 0 Å². The Morgan fingerprint density at radius 1 is 1.13 bits per heavy atom. The smallest absolute Gasteiger partial charge is 0.224 e. The second-order valence-electron chi connectivity index (χ2n) is 8.17. The van der Waals surface area contributed by atoms with Gasteiger partial charge in [-0.3, -0.25) is 9.69 Å². The van der Waals surface area contributed by atoms with Crippen molar-refractivity contribution in [2.24, 2.45) is 17.6 Å². The molecule has 2 heterocycles. The zero-order valence-electron chi connectivity index (χ0n) is 14.2. The first-order valence-electron chi connectivity index (χ1n) is 9.54. The van der Waals surface area contributed by atoms with Crippen LogP contribution in [0, 0.1) is 11.8 Å². The second kappa shape index (κ2) is 6.34. The molecule has 4 rings (SSSR count). The van der Waals surface area contributed by atoms with E-state index in [0.29, 0.717) is 30.2 Å². The van der Waals surface area contributed by atoms with E-state index in [1.165, 1.54) is 32.1 Å². The molecular formula is C18H31N3O2. The number of carbonyl (C=O) groups is 1. The Kier molecular flexibility index (Phi) is 4.37. The van der Waals surface area contributed by atoms with Crippen LogP contribution < -0.4 is 5.73 Å². The van der Waals surface area contributed by atoms with Crippen molar-refractivity contribution in [3.8, 4) is 0 Å². The zero-order valence-corrected chi connectivity index (χ0v) is 14.2. The topological polar surface area (TPSA) is 58.8 Å². The number of morpholine rings is 1. The van der Waals surface area contributed by atoms with Crippen molar-refractivity contribution >= 4 is 5.91 Å². The summed E-state index contributed by atoms with van der Waals surface area (Å²) in [5.41, 5.74) is 6.34. The first-order valence-corrected chi connectivity index (χ1v) is 9.54. The van der Waals surface area contributed by atoms with Gasteiger partial charge in [0.2, 0.25) is 5.91 Å². The summed E-state index contributed by atoms with van der Waals surface area (Å²) in [6.45, 7) is 5.48. The van der Waals surface area contributed by atoms with E-state index in [2.05, 4.69) is 9.80 Å². The van der Waals surface area contributed by atoms with Crippen LogP contribution >= 0.6 is 0 Å². The van der Waals surface area contributed by atoms with Gasteiger partial charge in [-0.1, -0.05) is 12.8 Å². The summed E-state index contributed by atoms with van der Waals surface area (Å²) in [5, 5.41) is 0. The molecule has 0 radical (unpaired) electrons. The van der Waals surface area contributed by atoms with Gasteiger partial charge < -0.3 is 15.4 Å². The first-order chi connectivity index (χ1) is 11.2. The molecule has 2 aliphatic heterocycles. The van der Waals surface area contributed by atoms with Crippen LogP contribution in [0.5, 0.6) is 0 Å². The highest BCUT2D eigenvalue weighted by Crippen LogP contribution is 2.41. The monoisotopic (exact) mass is 321 g/mol. The Morgan fingerprint density at radius 2 is 1.87 bits per heavy atom. The number of rotatable bonds is 3. The van der Waals surface area contributed by atoms with Crippen molar-refractivity contribution in [3.63, 3.8) is 0 Å². The van der Waals surface area contributed by atoms with E-state index in [1.807, 2.05) is 0 Å². The van der Waals surface area contributed by atoms with Gasteiger partial charge in [-0.2, -0.15) is 0 Å². The number of likely N-dealkylation sites (tertiary alicyclic amines) is 1. The first kappa shape index (κ1) is 15.9. The van der Waals surface area contributed by atoms with Gasteiger partial charge in [0.1, 0.15) is 0 Å². The molecule has 2 aliphatic carbocycles. The zero-order chi connectivity index (χ0) is 15.9. The lowest BCUT2D eigenvalue weighted by Gasteiger charge is -2.43. The molecule has 3 unspecified atom stereocenters. The lowest BCUT2D eigenvalue weighted by Crippen LogP contribution is -2.54. The molecule has 4 aliphatic rings. The highest BCUT2D eigenvalue weighted by Gasteiger charge is 2.46. The fourth-order valence-corrected chi connectivity index (χ4v) is 5.58. The number of nitrogens with zero attached hydrogens (tertiary/aromatic N) is 2. The maximum absolute atomic E-state index is 13.0. The van der Waals surface area contributed by atoms with E-state index in [9.17, 15) is 4.79 Å². The Morgan fingerprint density at radius 3 is 2.57 bits per heavy atom. The maximum atomic E-state index is 13.0. The number of hydrogen-bond donors (Lipinski definition) is 1. The van der Waals surface area contributed by atoms with Gasteiger partial charge in [0, 0.05) is 44.2 Å². The molecule has 0 aromatic carbocycles. The molecule has 2 N–H and O–H groups in total. The van der Waals surface area contributed by atoms with Gasteiger partial charge in [0.25, 0.3) is 0 Å². The third kappa shape index (κ3) is 2.92. The van der Waals surface area contributed by atoms with E-state index in [-0.39, 0.29) is 5.54 Å². The molecule has 5 nitrogen and oxygen atoms in total. The largest absolute Gasteiger partial charge is 0.379 e. The van der Waals surface area contributed by atoms with Crippen molar-refractivity contribution in [2.75, 3.05) is 39.4 Å². The van der Waals surface area contributed by atoms with Gasteiger partial charge in [-0.05, 0) is 37.5 Å². The molecule has 0 aromatic rings. The molecule has 0 bridgehead atoms. The van der Waals surface area contributed by atoms with Crippen molar-refractivity contribution in [3.05, 3.63) is 0 Å². The lowest BCUT2D eigenvalue weighted by atomic mass is 9.89. The molecule has 0 aromatic heterocycles. The van der Waals surface area contributed by atoms with Crippen LogP contribution in [0.4, 0.5) is 0 Å². The third-order valence-corrected chi connectivity index (χ3v) is 6.96. The van der Waals surface area contributed by atoms with Crippen LogP contribution in [0.25, 0.3) is 0 Å². The van der Waals surface area contributed by atoms with Crippen LogP contribution in [-0.4, -0.2) is 66.7 Å². The van der Waals surface area contributed by atoms with Crippen molar-refractivity contribution < 1.29 is 9.53 Å². The SMILES string of the molecule is NC1CCC2CN(C(=O)CC3(N4CCOCC4)CCCC3)CC12. The maximum Gasteiger partial charge on any atom is 0.224 e. The second-order valence-corrected chi connectivity index (χ2v) is 8.17. The molecular weight excluding hydrogens is 290 g/mol. The summed E-state index contributed by atoms with van der Waals surface area (Å²) >= 11 is 0. The predicted octanol–water partition coefficient (Wildman–Crippen LogP) is 1.22. The predicted molar refractivity (Wildman–Crippen MR) is 89.0 cm³/mol. The fraction of sp³-hybridized carbons (Fsp3) is 0.944. The third-order valence-electron chi connectivity index (χ3n) is 6.96. The minimum atomic E-state index is 0.112. The van der Waals surface area contributed by atoms with E-state index in [1.54, 1.807) is 0 Å². The average molecular weight is 321 g/mol. The minimum absolute atomic E-state index is 0.112. The normalized spacial score (nSPS) is 37.3. The number of nitrogens with two attached hydrogens (primary N) is 1. The van der Waals surface area contributed by atoms with E-state index < -0.39 is 0 Å². The average Bonchev–Trinajstić information content (AvgIpc) is 3.27. The van der Waals surface area contributed by atoms with Crippen molar-refractivity contribution in [2.45, 2.75) is 56.5 Å². The number of hydrogen-bond acceptors (Lipinski definition) is 4. The number of ether oxygens (including phenoxy) is 1. The molecule has 2 saturated heterocycles. The summed E-state index contributed by atoms with van der Waals surface area (Å²) < 4.78 is 5.52. The summed E-state index contributed by atoms with van der Waals surface area (Å²) in [4.78, 5) is 17.7. The molecule has 23 heavy (non-hydrogen) atoms. The Balaban J connectivity index is 1.42. The number of amides is 1. The molecule has 130 valence electrons. The Labute approximate surface area is 139 Å². The number of carbonyl (C=O) groups excluding carboxylic acids is 1. The standard InChI is InChI=1S/C18H31N3O2/c19-16-4-3-14-12-20(13-15(14)16)17(22)11-18(5-1-2-6-18)21-7-9-23-10-8-21/h14-16H,1-13,19H2. The molecule has 2 saturated carbocycles.